The summed E-state index contributed by atoms with van der Waals surface area (Å²) in [6.07, 6.45) is 0.437. The molecule has 2 rings (SSSR count). The smallest absolute Gasteiger partial charge is 0.226 e. The standard InChI is InChI=1S/C20H26N2O/c1-15-8-7-9-16(14-15)22-19(23)12-13-21-18-11-6-5-10-17(18)20(2,3)4/h5-11,14,21H,12-13H2,1-4H3,(H,22,23). The maximum absolute atomic E-state index is 12.0. The first-order valence-corrected chi connectivity index (χ1v) is 8.06. The van der Waals surface area contributed by atoms with Crippen molar-refractivity contribution in [1.29, 1.82) is 0 Å². The number of rotatable bonds is 5. The Kier molecular flexibility index (Phi) is 5.43. The molecule has 0 heterocycles. The zero-order chi connectivity index (χ0) is 16.9. The quantitative estimate of drug-likeness (QED) is 0.838. The minimum Gasteiger partial charge on any atom is -0.384 e. The van der Waals surface area contributed by atoms with Crippen molar-refractivity contribution in [2.45, 2.75) is 39.5 Å². The minimum absolute atomic E-state index is 0.0244. The van der Waals surface area contributed by atoms with Gasteiger partial charge in [-0.05, 0) is 41.7 Å². The van der Waals surface area contributed by atoms with Crippen LogP contribution in [0.5, 0.6) is 0 Å². The number of para-hydroxylation sites is 1. The van der Waals surface area contributed by atoms with Gasteiger partial charge in [0.2, 0.25) is 5.91 Å². The topological polar surface area (TPSA) is 41.1 Å². The summed E-state index contributed by atoms with van der Waals surface area (Å²) < 4.78 is 0. The normalized spacial score (nSPS) is 11.1. The second-order valence-electron chi connectivity index (χ2n) is 6.89. The van der Waals surface area contributed by atoms with E-state index in [0.717, 1.165) is 16.9 Å². The summed E-state index contributed by atoms with van der Waals surface area (Å²) in [5, 5.41) is 6.32. The third-order valence-electron chi connectivity index (χ3n) is 3.70. The van der Waals surface area contributed by atoms with Crippen LogP contribution in [-0.4, -0.2) is 12.5 Å². The Bertz CT molecular complexity index is 671. The number of carbonyl (C=O) groups is 1. The van der Waals surface area contributed by atoms with Crippen molar-refractivity contribution in [2.24, 2.45) is 0 Å². The van der Waals surface area contributed by atoms with Gasteiger partial charge in [0.1, 0.15) is 0 Å². The molecule has 0 aliphatic carbocycles. The number of nitrogens with one attached hydrogen (secondary N) is 2. The summed E-state index contributed by atoms with van der Waals surface area (Å²) in [5.74, 6) is 0.0244. The highest BCUT2D eigenvalue weighted by Gasteiger charge is 2.17. The summed E-state index contributed by atoms with van der Waals surface area (Å²) in [5.41, 5.74) is 4.43. The molecule has 1 amide bonds. The van der Waals surface area contributed by atoms with Crippen LogP contribution in [0.15, 0.2) is 48.5 Å². The summed E-state index contributed by atoms with van der Waals surface area (Å²) in [6, 6.07) is 16.1. The van der Waals surface area contributed by atoms with Gasteiger partial charge in [-0.2, -0.15) is 0 Å². The van der Waals surface area contributed by atoms with E-state index in [1.54, 1.807) is 0 Å². The molecule has 0 aromatic heterocycles. The largest absolute Gasteiger partial charge is 0.384 e. The van der Waals surface area contributed by atoms with E-state index < -0.39 is 0 Å². The number of carbonyl (C=O) groups excluding carboxylic acids is 1. The van der Waals surface area contributed by atoms with Crippen LogP contribution in [0.3, 0.4) is 0 Å². The molecule has 0 radical (unpaired) electrons. The molecule has 0 saturated carbocycles. The van der Waals surface area contributed by atoms with Crippen LogP contribution in [0.4, 0.5) is 11.4 Å². The Labute approximate surface area is 139 Å². The average molecular weight is 310 g/mol. The first-order chi connectivity index (χ1) is 10.9. The van der Waals surface area contributed by atoms with Gasteiger partial charge < -0.3 is 10.6 Å². The minimum atomic E-state index is 0.0244. The molecule has 0 spiro atoms. The van der Waals surface area contributed by atoms with E-state index in [0.29, 0.717) is 13.0 Å². The lowest BCUT2D eigenvalue weighted by atomic mass is 9.86. The lowest BCUT2D eigenvalue weighted by molar-refractivity contribution is -0.115. The molecular weight excluding hydrogens is 284 g/mol. The van der Waals surface area contributed by atoms with E-state index in [9.17, 15) is 4.79 Å². The van der Waals surface area contributed by atoms with Crippen LogP contribution >= 0.6 is 0 Å². The van der Waals surface area contributed by atoms with Crippen LogP contribution in [-0.2, 0) is 10.2 Å². The van der Waals surface area contributed by atoms with Crippen molar-refractivity contribution in [2.75, 3.05) is 17.2 Å². The molecule has 2 N–H and O–H groups in total. The molecule has 2 aromatic carbocycles. The predicted molar refractivity (Wildman–Crippen MR) is 98.1 cm³/mol. The highest BCUT2D eigenvalue weighted by Crippen LogP contribution is 2.29. The summed E-state index contributed by atoms with van der Waals surface area (Å²) >= 11 is 0. The number of aryl methyl sites for hydroxylation is 1. The number of benzene rings is 2. The van der Waals surface area contributed by atoms with E-state index in [1.165, 1.54) is 5.56 Å². The zero-order valence-electron chi connectivity index (χ0n) is 14.4. The Balaban J connectivity index is 1.89. The summed E-state index contributed by atoms with van der Waals surface area (Å²) in [7, 11) is 0. The van der Waals surface area contributed by atoms with Crippen molar-refractivity contribution < 1.29 is 4.79 Å². The fourth-order valence-electron chi connectivity index (χ4n) is 2.55. The van der Waals surface area contributed by atoms with E-state index in [1.807, 2.05) is 37.3 Å². The van der Waals surface area contributed by atoms with Crippen LogP contribution in [0.25, 0.3) is 0 Å². The van der Waals surface area contributed by atoms with E-state index >= 15 is 0 Å². The van der Waals surface area contributed by atoms with Gasteiger partial charge in [0.15, 0.2) is 0 Å². The van der Waals surface area contributed by atoms with Crippen molar-refractivity contribution in [3.63, 3.8) is 0 Å². The molecule has 2 aromatic rings. The Morgan fingerprint density at radius 3 is 2.48 bits per heavy atom. The molecule has 0 atom stereocenters. The van der Waals surface area contributed by atoms with Gasteiger partial charge in [-0.15, -0.1) is 0 Å². The SMILES string of the molecule is Cc1cccc(NC(=O)CCNc2ccccc2C(C)(C)C)c1. The molecule has 0 bridgehead atoms. The second-order valence-corrected chi connectivity index (χ2v) is 6.89. The van der Waals surface area contributed by atoms with Gasteiger partial charge in [0, 0.05) is 24.3 Å². The maximum atomic E-state index is 12.0. The van der Waals surface area contributed by atoms with Crippen molar-refractivity contribution in [3.05, 3.63) is 59.7 Å². The molecule has 0 fully saturated rings. The Morgan fingerprint density at radius 2 is 1.78 bits per heavy atom. The lowest BCUT2D eigenvalue weighted by Gasteiger charge is -2.23. The fraction of sp³-hybridized carbons (Fsp3) is 0.350. The van der Waals surface area contributed by atoms with Gasteiger partial charge >= 0.3 is 0 Å². The molecule has 3 nitrogen and oxygen atoms in total. The fourth-order valence-corrected chi connectivity index (χ4v) is 2.55. The summed E-state index contributed by atoms with van der Waals surface area (Å²) in [4.78, 5) is 12.0. The van der Waals surface area contributed by atoms with Crippen LogP contribution in [0.2, 0.25) is 0 Å². The third kappa shape index (κ3) is 5.13. The van der Waals surface area contributed by atoms with Crippen LogP contribution in [0.1, 0.15) is 38.3 Å². The van der Waals surface area contributed by atoms with Crippen LogP contribution < -0.4 is 10.6 Å². The molecule has 3 heteroatoms. The predicted octanol–water partition coefficient (Wildman–Crippen LogP) is 4.73. The van der Waals surface area contributed by atoms with E-state index in [4.69, 9.17) is 0 Å². The molecule has 0 aliphatic rings. The van der Waals surface area contributed by atoms with Gasteiger partial charge in [-0.3, -0.25) is 4.79 Å². The van der Waals surface area contributed by atoms with Crippen molar-refractivity contribution in [3.8, 4) is 0 Å². The number of hydrogen-bond acceptors (Lipinski definition) is 2. The van der Waals surface area contributed by atoms with Gasteiger partial charge in [0.25, 0.3) is 0 Å². The number of hydrogen-bond donors (Lipinski definition) is 2. The van der Waals surface area contributed by atoms with Gasteiger partial charge in [-0.1, -0.05) is 51.1 Å². The van der Waals surface area contributed by atoms with Gasteiger partial charge in [0.05, 0.1) is 0 Å². The van der Waals surface area contributed by atoms with Crippen LogP contribution in [0, 0.1) is 6.92 Å². The highest BCUT2D eigenvalue weighted by molar-refractivity contribution is 5.91. The summed E-state index contributed by atoms with van der Waals surface area (Å²) in [6.45, 7) is 9.21. The first-order valence-electron chi connectivity index (χ1n) is 8.06. The average Bonchev–Trinajstić information content (AvgIpc) is 2.46. The number of amides is 1. The van der Waals surface area contributed by atoms with E-state index in [2.05, 4.69) is 49.6 Å². The zero-order valence-corrected chi connectivity index (χ0v) is 14.4. The van der Waals surface area contributed by atoms with Gasteiger partial charge in [-0.25, -0.2) is 0 Å². The van der Waals surface area contributed by atoms with Crippen molar-refractivity contribution in [1.82, 2.24) is 0 Å². The monoisotopic (exact) mass is 310 g/mol. The molecular formula is C20H26N2O. The molecule has 122 valence electrons. The van der Waals surface area contributed by atoms with Crippen molar-refractivity contribution >= 4 is 17.3 Å². The number of anilines is 2. The molecule has 0 unspecified atom stereocenters. The highest BCUT2D eigenvalue weighted by atomic mass is 16.1. The maximum Gasteiger partial charge on any atom is 0.226 e. The Morgan fingerprint density at radius 1 is 1.04 bits per heavy atom. The first kappa shape index (κ1) is 17.1. The second kappa shape index (κ2) is 7.32. The molecule has 0 saturated heterocycles. The Hall–Kier alpha value is -2.29. The third-order valence-corrected chi connectivity index (χ3v) is 3.70. The lowest BCUT2D eigenvalue weighted by Crippen LogP contribution is -2.19. The molecule has 23 heavy (non-hydrogen) atoms. The van der Waals surface area contributed by atoms with E-state index in [-0.39, 0.29) is 11.3 Å². The molecule has 0 aliphatic heterocycles.